The lowest BCUT2D eigenvalue weighted by Gasteiger charge is -2.40. The first-order chi connectivity index (χ1) is 17.3. The minimum Gasteiger partial charge on any atom is -0.457 e. The highest BCUT2D eigenvalue weighted by Crippen LogP contribution is 2.64. The van der Waals surface area contributed by atoms with Crippen LogP contribution in [0.1, 0.15) is 22.3 Å². The smallest absolute Gasteiger partial charge is 0.132 e. The molecule has 0 unspecified atom stereocenters. The van der Waals surface area contributed by atoms with Crippen LogP contribution in [0.5, 0.6) is 11.5 Å². The predicted molar refractivity (Wildman–Crippen MR) is 147 cm³/mol. The summed E-state index contributed by atoms with van der Waals surface area (Å²) in [6, 6.07) is 41.6. The van der Waals surface area contributed by atoms with Crippen molar-refractivity contribution in [3.63, 3.8) is 0 Å². The molecule has 1 spiro atoms. The monoisotopic (exact) mass is 510 g/mol. The molecule has 0 saturated heterocycles. The van der Waals surface area contributed by atoms with Gasteiger partial charge in [0.05, 0.1) is 5.41 Å². The van der Waals surface area contributed by atoms with E-state index < -0.39 is 5.41 Å². The van der Waals surface area contributed by atoms with E-state index in [0.29, 0.717) is 0 Å². The van der Waals surface area contributed by atoms with Crippen molar-refractivity contribution in [1.29, 1.82) is 0 Å². The van der Waals surface area contributed by atoms with Gasteiger partial charge in [0.2, 0.25) is 0 Å². The van der Waals surface area contributed by atoms with Gasteiger partial charge in [-0.05, 0) is 68.1 Å². The van der Waals surface area contributed by atoms with Crippen molar-refractivity contribution in [1.82, 2.24) is 0 Å². The Labute approximate surface area is 211 Å². The molecular weight excluding hydrogens is 492 g/mol. The van der Waals surface area contributed by atoms with Gasteiger partial charge in [0.1, 0.15) is 11.5 Å². The van der Waals surface area contributed by atoms with Crippen LogP contribution in [0.3, 0.4) is 0 Å². The van der Waals surface area contributed by atoms with Gasteiger partial charge in [-0.25, -0.2) is 0 Å². The maximum absolute atomic E-state index is 6.51. The van der Waals surface area contributed by atoms with Gasteiger partial charge >= 0.3 is 0 Å². The first-order valence-corrected chi connectivity index (χ1v) is 12.7. The Kier molecular flexibility index (Phi) is 3.80. The number of rotatable bonds is 0. The van der Waals surface area contributed by atoms with Crippen LogP contribution in [0.4, 0.5) is 0 Å². The third-order valence-electron chi connectivity index (χ3n) is 7.76. The fraction of sp³-hybridized carbons (Fsp3) is 0.0303. The van der Waals surface area contributed by atoms with Crippen molar-refractivity contribution in [3.8, 4) is 22.6 Å². The Balaban J connectivity index is 1.72. The second-order valence-electron chi connectivity index (χ2n) is 9.38. The lowest BCUT2D eigenvalue weighted by molar-refractivity contribution is 0.437. The summed E-state index contributed by atoms with van der Waals surface area (Å²) in [6.45, 7) is 0. The summed E-state index contributed by atoms with van der Waals surface area (Å²) in [4.78, 5) is 0. The average Bonchev–Trinajstić information content (AvgIpc) is 3.20. The molecule has 35 heavy (non-hydrogen) atoms. The Morgan fingerprint density at radius 2 is 1.06 bits per heavy atom. The van der Waals surface area contributed by atoms with E-state index in [1.54, 1.807) is 0 Å². The summed E-state index contributed by atoms with van der Waals surface area (Å²) in [6.07, 6.45) is 0. The molecule has 2 heteroatoms. The van der Waals surface area contributed by atoms with Crippen LogP contribution in [0.15, 0.2) is 120 Å². The van der Waals surface area contributed by atoms with E-state index in [0.717, 1.165) is 16.0 Å². The van der Waals surface area contributed by atoms with Gasteiger partial charge < -0.3 is 4.74 Å². The number of hydrogen-bond acceptors (Lipinski definition) is 1. The predicted octanol–water partition coefficient (Wildman–Crippen LogP) is 9.22. The van der Waals surface area contributed by atoms with Crippen molar-refractivity contribution < 1.29 is 4.74 Å². The highest BCUT2D eigenvalue weighted by Gasteiger charge is 2.52. The number of benzene rings is 6. The molecule has 1 heterocycles. The molecule has 0 N–H and O–H groups in total. The first-order valence-electron chi connectivity index (χ1n) is 11.9. The SMILES string of the molecule is Brc1ccc2c(c1)C1(c3ccccc3Oc3ccccc31)c1c-2c2ccccc2c2ccccc12. The summed E-state index contributed by atoms with van der Waals surface area (Å²) in [5.41, 5.74) is 7.16. The van der Waals surface area contributed by atoms with Crippen molar-refractivity contribution in [2.75, 3.05) is 0 Å². The van der Waals surface area contributed by atoms with Crippen LogP contribution in [-0.2, 0) is 5.41 Å². The Bertz CT molecular complexity index is 1800. The molecular formula is C33H19BrO. The molecule has 1 nitrogen and oxygen atoms in total. The van der Waals surface area contributed by atoms with Crippen LogP contribution in [0.25, 0.3) is 32.7 Å². The van der Waals surface area contributed by atoms with Gasteiger partial charge in [0.15, 0.2) is 0 Å². The van der Waals surface area contributed by atoms with Crippen LogP contribution in [-0.4, -0.2) is 0 Å². The zero-order chi connectivity index (χ0) is 23.1. The fourth-order valence-corrected chi connectivity index (χ4v) is 6.90. The number of fused-ring (bicyclic) bond motifs is 14. The molecule has 0 radical (unpaired) electrons. The second-order valence-corrected chi connectivity index (χ2v) is 10.3. The number of ether oxygens (including phenoxy) is 1. The summed E-state index contributed by atoms with van der Waals surface area (Å²) < 4.78 is 7.59. The number of para-hydroxylation sites is 2. The summed E-state index contributed by atoms with van der Waals surface area (Å²) in [7, 11) is 0. The standard InChI is InChI=1S/C33H19BrO/c34-20-17-18-25-28(19-20)33(26-13-5-7-15-29(26)35-30-16-8-6-14-27(30)33)32-24-12-4-2-10-22(24)21-9-1-3-11-23(21)31(25)32/h1-19H. The van der Waals surface area contributed by atoms with E-state index in [2.05, 4.69) is 131 Å². The number of halogens is 1. The average molecular weight is 511 g/mol. The van der Waals surface area contributed by atoms with Crippen molar-refractivity contribution in [2.45, 2.75) is 5.41 Å². The van der Waals surface area contributed by atoms with Gasteiger partial charge in [0, 0.05) is 15.6 Å². The quantitative estimate of drug-likeness (QED) is 0.185. The largest absolute Gasteiger partial charge is 0.457 e. The molecule has 0 saturated carbocycles. The first kappa shape index (κ1) is 19.4. The van der Waals surface area contributed by atoms with E-state index in [4.69, 9.17) is 4.74 Å². The van der Waals surface area contributed by atoms with Crippen molar-refractivity contribution in [2.24, 2.45) is 0 Å². The van der Waals surface area contributed by atoms with E-state index in [1.165, 1.54) is 54.9 Å². The van der Waals surface area contributed by atoms with Crippen molar-refractivity contribution in [3.05, 3.63) is 142 Å². The third kappa shape index (κ3) is 2.33. The zero-order valence-electron chi connectivity index (χ0n) is 18.8. The van der Waals surface area contributed by atoms with Gasteiger partial charge in [-0.3, -0.25) is 0 Å². The second kappa shape index (κ2) is 6.84. The molecule has 0 atom stereocenters. The molecule has 164 valence electrons. The lowest BCUT2D eigenvalue weighted by atomic mass is 9.65. The molecule has 2 aliphatic rings. The van der Waals surface area contributed by atoms with E-state index in [-0.39, 0.29) is 0 Å². The van der Waals surface area contributed by atoms with Gasteiger partial charge in [-0.15, -0.1) is 0 Å². The van der Waals surface area contributed by atoms with Crippen LogP contribution in [0, 0.1) is 0 Å². The van der Waals surface area contributed by atoms with Crippen LogP contribution in [0.2, 0.25) is 0 Å². The third-order valence-corrected chi connectivity index (χ3v) is 8.26. The van der Waals surface area contributed by atoms with E-state index in [1.807, 2.05) is 0 Å². The van der Waals surface area contributed by atoms with Gasteiger partial charge in [-0.1, -0.05) is 107 Å². The zero-order valence-corrected chi connectivity index (χ0v) is 20.3. The summed E-state index contributed by atoms with van der Waals surface area (Å²) in [5.74, 6) is 1.84. The van der Waals surface area contributed by atoms with Crippen molar-refractivity contribution >= 4 is 37.5 Å². The van der Waals surface area contributed by atoms with Gasteiger partial charge in [0.25, 0.3) is 0 Å². The molecule has 0 amide bonds. The molecule has 0 fully saturated rings. The summed E-state index contributed by atoms with van der Waals surface area (Å²) in [5, 5.41) is 5.17. The van der Waals surface area contributed by atoms with E-state index >= 15 is 0 Å². The Hall–Kier alpha value is -3.88. The highest BCUT2D eigenvalue weighted by atomic mass is 79.9. The molecule has 0 aromatic heterocycles. The maximum atomic E-state index is 6.51. The molecule has 8 rings (SSSR count). The van der Waals surface area contributed by atoms with E-state index in [9.17, 15) is 0 Å². The molecule has 1 aliphatic heterocycles. The summed E-state index contributed by atoms with van der Waals surface area (Å²) >= 11 is 3.81. The van der Waals surface area contributed by atoms with Gasteiger partial charge in [-0.2, -0.15) is 0 Å². The van der Waals surface area contributed by atoms with Crippen LogP contribution < -0.4 is 4.74 Å². The minimum atomic E-state index is -0.483. The molecule has 6 aromatic carbocycles. The minimum absolute atomic E-state index is 0.483. The topological polar surface area (TPSA) is 9.23 Å². The fourth-order valence-electron chi connectivity index (χ4n) is 6.54. The lowest BCUT2D eigenvalue weighted by Crippen LogP contribution is -2.32. The molecule has 1 aliphatic carbocycles. The van der Waals surface area contributed by atoms with Crippen LogP contribution >= 0.6 is 15.9 Å². The maximum Gasteiger partial charge on any atom is 0.132 e. The molecule has 6 aromatic rings. The Morgan fingerprint density at radius 1 is 0.514 bits per heavy atom. The molecule has 0 bridgehead atoms. The normalized spacial score (nSPS) is 14.3. The Morgan fingerprint density at radius 3 is 1.74 bits per heavy atom. The number of hydrogen-bond donors (Lipinski definition) is 0. The highest BCUT2D eigenvalue weighted by molar-refractivity contribution is 9.10.